The lowest BCUT2D eigenvalue weighted by atomic mass is 10.0. The van der Waals surface area contributed by atoms with Crippen LogP contribution in [0.4, 0.5) is 0 Å². The molecule has 2 aliphatic heterocycles. The molecule has 1 saturated carbocycles. The Balaban J connectivity index is 1.63. The van der Waals surface area contributed by atoms with Gasteiger partial charge in [0.2, 0.25) is 0 Å². The first-order chi connectivity index (χ1) is 7.93. The van der Waals surface area contributed by atoms with Gasteiger partial charge in [-0.2, -0.15) is 0 Å². The largest absolute Gasteiger partial charge is 0.299 e. The van der Waals surface area contributed by atoms with Crippen molar-refractivity contribution in [3.05, 3.63) is 0 Å². The topological polar surface area (TPSA) is 6.48 Å². The Morgan fingerprint density at radius 3 is 2.06 bits per heavy atom. The Morgan fingerprint density at radius 1 is 0.562 bits per heavy atom. The van der Waals surface area contributed by atoms with Gasteiger partial charge in [0.1, 0.15) is 0 Å². The lowest BCUT2D eigenvalue weighted by molar-refractivity contribution is 0.120. The molecule has 2 nitrogen and oxygen atoms in total. The molecule has 0 spiro atoms. The van der Waals surface area contributed by atoms with Gasteiger partial charge < -0.3 is 0 Å². The molecule has 3 fully saturated rings. The van der Waals surface area contributed by atoms with E-state index in [4.69, 9.17) is 0 Å². The van der Waals surface area contributed by atoms with Gasteiger partial charge in [-0.25, -0.2) is 0 Å². The summed E-state index contributed by atoms with van der Waals surface area (Å²) in [6.07, 6.45) is 11.7. The molecule has 2 heterocycles. The first-order valence-electron chi connectivity index (χ1n) is 7.41. The van der Waals surface area contributed by atoms with Gasteiger partial charge in [0, 0.05) is 18.6 Å². The summed E-state index contributed by atoms with van der Waals surface area (Å²) in [5, 5.41) is 0. The molecule has 16 heavy (non-hydrogen) atoms. The first-order valence-corrected chi connectivity index (χ1v) is 7.41. The van der Waals surface area contributed by atoms with Crippen LogP contribution in [0.2, 0.25) is 0 Å². The highest BCUT2D eigenvalue weighted by molar-refractivity contribution is 4.87. The maximum Gasteiger partial charge on any atom is 0.0223 e. The van der Waals surface area contributed by atoms with Gasteiger partial charge in [0.15, 0.2) is 0 Å². The van der Waals surface area contributed by atoms with Crippen LogP contribution in [0.25, 0.3) is 0 Å². The Morgan fingerprint density at radius 2 is 1.19 bits per heavy atom. The minimum atomic E-state index is 0.900. The number of fused-ring (bicyclic) bond motifs is 1. The van der Waals surface area contributed by atoms with Crippen molar-refractivity contribution in [3.8, 4) is 0 Å². The fourth-order valence-electron chi connectivity index (χ4n) is 4.00. The molecule has 3 rings (SSSR count). The highest BCUT2D eigenvalue weighted by Crippen LogP contribution is 2.27. The second-order valence-corrected chi connectivity index (χ2v) is 5.97. The third kappa shape index (κ3) is 2.28. The number of rotatable bonds is 1. The van der Waals surface area contributed by atoms with Gasteiger partial charge in [0.25, 0.3) is 0 Å². The second-order valence-electron chi connectivity index (χ2n) is 5.97. The van der Waals surface area contributed by atoms with Gasteiger partial charge in [0.05, 0.1) is 0 Å². The van der Waals surface area contributed by atoms with Gasteiger partial charge in [-0.3, -0.25) is 9.80 Å². The van der Waals surface area contributed by atoms with Crippen molar-refractivity contribution in [2.45, 2.75) is 63.5 Å². The predicted octanol–water partition coefficient (Wildman–Crippen LogP) is 2.49. The van der Waals surface area contributed by atoms with E-state index in [0.29, 0.717) is 0 Å². The van der Waals surface area contributed by atoms with Crippen molar-refractivity contribution >= 4 is 0 Å². The van der Waals surface area contributed by atoms with Crippen molar-refractivity contribution < 1.29 is 0 Å². The summed E-state index contributed by atoms with van der Waals surface area (Å²) in [6, 6.07) is 1.85. The van der Waals surface area contributed by atoms with E-state index in [0.717, 1.165) is 12.1 Å². The lowest BCUT2D eigenvalue weighted by Crippen LogP contribution is -2.45. The standard InChI is InChI=1S/C14H26N2/c1-2-7-13(6-1)16-11-5-10-15-9-4-3-8-14(15)12-16/h13-14H,1-12H2. The van der Waals surface area contributed by atoms with E-state index in [1.165, 1.54) is 77.5 Å². The average Bonchev–Trinajstić information content (AvgIpc) is 2.75. The molecule has 0 N–H and O–H groups in total. The summed E-state index contributed by atoms with van der Waals surface area (Å²) in [7, 11) is 0. The van der Waals surface area contributed by atoms with E-state index < -0.39 is 0 Å². The smallest absolute Gasteiger partial charge is 0.0223 e. The number of piperidine rings is 1. The van der Waals surface area contributed by atoms with Crippen LogP contribution in [0.15, 0.2) is 0 Å². The van der Waals surface area contributed by atoms with E-state index in [2.05, 4.69) is 9.80 Å². The molecule has 1 atom stereocenters. The van der Waals surface area contributed by atoms with Crippen LogP contribution in [0.3, 0.4) is 0 Å². The van der Waals surface area contributed by atoms with Gasteiger partial charge in [-0.05, 0) is 51.7 Å². The van der Waals surface area contributed by atoms with Gasteiger partial charge >= 0.3 is 0 Å². The first kappa shape index (κ1) is 11.0. The van der Waals surface area contributed by atoms with Crippen LogP contribution >= 0.6 is 0 Å². The van der Waals surface area contributed by atoms with Crippen molar-refractivity contribution in [2.24, 2.45) is 0 Å². The van der Waals surface area contributed by atoms with Crippen molar-refractivity contribution in [1.29, 1.82) is 0 Å². The van der Waals surface area contributed by atoms with Crippen LogP contribution in [0.5, 0.6) is 0 Å². The molecule has 0 radical (unpaired) electrons. The minimum Gasteiger partial charge on any atom is -0.299 e. The Kier molecular flexibility index (Phi) is 3.49. The van der Waals surface area contributed by atoms with Crippen LogP contribution in [-0.4, -0.2) is 48.1 Å². The lowest BCUT2D eigenvalue weighted by Gasteiger charge is -2.36. The summed E-state index contributed by atoms with van der Waals surface area (Å²) >= 11 is 0. The molecule has 1 unspecified atom stereocenters. The zero-order chi connectivity index (χ0) is 10.8. The molecular weight excluding hydrogens is 196 g/mol. The Hall–Kier alpha value is -0.0800. The zero-order valence-corrected chi connectivity index (χ0v) is 10.5. The van der Waals surface area contributed by atoms with Crippen molar-refractivity contribution in [3.63, 3.8) is 0 Å². The molecule has 2 heteroatoms. The SMILES string of the molecule is C1CCN2CCCN(C3CCCC3)CC2C1. The van der Waals surface area contributed by atoms with Crippen LogP contribution in [-0.2, 0) is 0 Å². The normalized spacial score (nSPS) is 34.9. The van der Waals surface area contributed by atoms with Gasteiger partial charge in [-0.1, -0.05) is 19.3 Å². The van der Waals surface area contributed by atoms with E-state index in [-0.39, 0.29) is 0 Å². The van der Waals surface area contributed by atoms with Crippen molar-refractivity contribution in [2.75, 3.05) is 26.2 Å². The van der Waals surface area contributed by atoms with E-state index >= 15 is 0 Å². The third-order valence-corrected chi connectivity index (χ3v) is 4.93. The molecule has 92 valence electrons. The summed E-state index contributed by atoms with van der Waals surface area (Å²) in [5.74, 6) is 0. The molecule has 0 aromatic rings. The quantitative estimate of drug-likeness (QED) is 0.672. The summed E-state index contributed by atoms with van der Waals surface area (Å²) in [6.45, 7) is 5.50. The zero-order valence-electron chi connectivity index (χ0n) is 10.5. The fourth-order valence-corrected chi connectivity index (χ4v) is 4.00. The predicted molar refractivity (Wildman–Crippen MR) is 67.7 cm³/mol. The van der Waals surface area contributed by atoms with Gasteiger partial charge in [-0.15, -0.1) is 0 Å². The van der Waals surface area contributed by atoms with Crippen molar-refractivity contribution in [1.82, 2.24) is 9.80 Å². The van der Waals surface area contributed by atoms with E-state index in [1.807, 2.05) is 0 Å². The molecule has 1 aliphatic carbocycles. The minimum absolute atomic E-state index is 0.900. The highest BCUT2D eigenvalue weighted by Gasteiger charge is 2.30. The molecular formula is C14H26N2. The van der Waals surface area contributed by atoms with Crippen LogP contribution in [0.1, 0.15) is 51.4 Å². The van der Waals surface area contributed by atoms with Crippen LogP contribution in [0, 0.1) is 0 Å². The van der Waals surface area contributed by atoms with Crippen LogP contribution < -0.4 is 0 Å². The molecule has 3 aliphatic rings. The summed E-state index contributed by atoms with van der Waals surface area (Å²) < 4.78 is 0. The fraction of sp³-hybridized carbons (Fsp3) is 1.00. The Bertz CT molecular complexity index is 223. The summed E-state index contributed by atoms with van der Waals surface area (Å²) in [5.41, 5.74) is 0. The molecule has 0 aromatic heterocycles. The number of nitrogens with zero attached hydrogens (tertiary/aromatic N) is 2. The maximum atomic E-state index is 2.84. The average molecular weight is 222 g/mol. The molecule has 0 bridgehead atoms. The molecule has 0 amide bonds. The monoisotopic (exact) mass is 222 g/mol. The summed E-state index contributed by atoms with van der Waals surface area (Å²) in [4.78, 5) is 5.61. The third-order valence-electron chi connectivity index (χ3n) is 4.93. The van der Waals surface area contributed by atoms with E-state index in [9.17, 15) is 0 Å². The van der Waals surface area contributed by atoms with E-state index in [1.54, 1.807) is 0 Å². The number of hydrogen-bond acceptors (Lipinski definition) is 2. The Labute approximate surface area is 100.0 Å². The number of hydrogen-bond donors (Lipinski definition) is 0. The molecule has 2 saturated heterocycles. The highest BCUT2D eigenvalue weighted by atomic mass is 15.3. The molecule has 0 aromatic carbocycles. The second kappa shape index (κ2) is 5.05. The maximum absolute atomic E-state index is 2.84.